The zero-order valence-corrected chi connectivity index (χ0v) is 14.8. The molecular weight excluding hydrogens is 314 g/mol. The summed E-state index contributed by atoms with van der Waals surface area (Å²) in [5.74, 6) is 2.19. The number of rotatable bonds is 2. The zero-order valence-electron chi connectivity index (χ0n) is 14.8. The predicted molar refractivity (Wildman–Crippen MR) is 95.3 cm³/mol. The molecule has 4 rings (SSSR count). The normalized spacial score (nSPS) is 21.6. The zero-order chi connectivity index (χ0) is 17.2. The number of nitrogens with zero attached hydrogens (tertiary/aromatic N) is 5. The average molecular weight is 339 g/mol. The molecule has 1 unspecified atom stereocenters. The number of fused-ring (bicyclic) bond motifs is 1. The number of hydrogen-bond donors (Lipinski definition) is 0. The number of likely N-dealkylation sites (tertiary alicyclic amines) is 1. The van der Waals surface area contributed by atoms with Crippen molar-refractivity contribution in [3.8, 4) is 0 Å². The molecule has 0 aliphatic carbocycles. The second-order valence-electron chi connectivity index (χ2n) is 7.03. The lowest BCUT2D eigenvalue weighted by molar-refractivity contribution is 0.0758. The molecule has 1 aromatic heterocycles. The van der Waals surface area contributed by atoms with Gasteiger partial charge in [0.25, 0.3) is 5.91 Å². The molecule has 3 heterocycles. The van der Waals surface area contributed by atoms with E-state index in [1.807, 2.05) is 35.2 Å². The van der Waals surface area contributed by atoms with Gasteiger partial charge in [0, 0.05) is 31.6 Å². The van der Waals surface area contributed by atoms with Crippen molar-refractivity contribution in [2.75, 3.05) is 26.7 Å². The van der Waals surface area contributed by atoms with E-state index < -0.39 is 0 Å². The van der Waals surface area contributed by atoms with Gasteiger partial charge >= 0.3 is 0 Å². The Bertz CT molecular complexity index is 742. The van der Waals surface area contributed by atoms with E-state index in [0.717, 1.165) is 43.1 Å². The van der Waals surface area contributed by atoms with Crippen LogP contribution in [0.4, 0.5) is 0 Å². The third kappa shape index (κ3) is 3.18. The van der Waals surface area contributed by atoms with Gasteiger partial charge in [0.1, 0.15) is 11.6 Å². The van der Waals surface area contributed by atoms with E-state index in [9.17, 15) is 4.79 Å². The number of aromatic nitrogens is 3. The van der Waals surface area contributed by atoms with Crippen LogP contribution in [0.15, 0.2) is 30.3 Å². The van der Waals surface area contributed by atoms with Crippen LogP contribution in [0.3, 0.4) is 0 Å². The molecule has 2 aliphatic heterocycles. The fourth-order valence-electron chi connectivity index (χ4n) is 3.96. The molecule has 1 atom stereocenters. The molecule has 1 aromatic carbocycles. The number of carbonyl (C=O) groups excluding carboxylic acids is 1. The minimum Gasteiger partial charge on any atom is -0.336 e. The average Bonchev–Trinajstić information content (AvgIpc) is 2.93. The topological polar surface area (TPSA) is 54.3 Å². The summed E-state index contributed by atoms with van der Waals surface area (Å²) in [6, 6.07) is 9.89. The van der Waals surface area contributed by atoms with Crippen LogP contribution in [0.1, 0.15) is 47.3 Å². The SMILES string of the molecule is CN1CCCCC1c1nnc2n1CCN(C(=O)c1ccccc1)CC2. The predicted octanol–water partition coefficient (Wildman–Crippen LogP) is 2.13. The standard InChI is InChI=1S/C19H25N5O/c1-22-11-6-5-9-16(22)18-21-20-17-10-12-23(13-14-24(17)18)19(25)15-7-3-2-4-8-15/h2-4,7-8,16H,5-6,9-14H2,1H3. The van der Waals surface area contributed by atoms with Crippen LogP contribution in [0.5, 0.6) is 0 Å². The van der Waals surface area contributed by atoms with Crippen molar-refractivity contribution >= 4 is 5.91 Å². The maximum Gasteiger partial charge on any atom is 0.253 e. The van der Waals surface area contributed by atoms with Crippen LogP contribution in [0.2, 0.25) is 0 Å². The van der Waals surface area contributed by atoms with Gasteiger partial charge in [0.05, 0.1) is 6.04 Å². The van der Waals surface area contributed by atoms with E-state index in [-0.39, 0.29) is 5.91 Å². The molecule has 1 saturated heterocycles. The number of benzene rings is 1. The second kappa shape index (κ2) is 6.96. The van der Waals surface area contributed by atoms with Crippen molar-refractivity contribution in [3.63, 3.8) is 0 Å². The monoisotopic (exact) mass is 339 g/mol. The molecule has 25 heavy (non-hydrogen) atoms. The Morgan fingerprint density at radius 3 is 2.68 bits per heavy atom. The van der Waals surface area contributed by atoms with Gasteiger partial charge in [-0.05, 0) is 38.6 Å². The lowest BCUT2D eigenvalue weighted by atomic mass is 10.0. The van der Waals surface area contributed by atoms with Crippen molar-refractivity contribution in [2.24, 2.45) is 0 Å². The number of hydrogen-bond acceptors (Lipinski definition) is 4. The molecule has 132 valence electrons. The smallest absolute Gasteiger partial charge is 0.253 e. The first kappa shape index (κ1) is 16.3. The van der Waals surface area contributed by atoms with Gasteiger partial charge in [-0.25, -0.2) is 0 Å². The lowest BCUT2D eigenvalue weighted by Crippen LogP contribution is -2.34. The van der Waals surface area contributed by atoms with Gasteiger partial charge in [-0.3, -0.25) is 9.69 Å². The first-order valence-electron chi connectivity index (χ1n) is 9.20. The highest BCUT2D eigenvalue weighted by Crippen LogP contribution is 2.29. The highest BCUT2D eigenvalue weighted by Gasteiger charge is 2.29. The molecule has 0 N–H and O–H groups in total. The van der Waals surface area contributed by atoms with Crippen molar-refractivity contribution in [3.05, 3.63) is 47.5 Å². The molecule has 2 aliphatic rings. The summed E-state index contributed by atoms with van der Waals surface area (Å²) in [4.78, 5) is 17.1. The molecule has 0 saturated carbocycles. The fraction of sp³-hybridized carbons (Fsp3) is 0.526. The summed E-state index contributed by atoms with van der Waals surface area (Å²) in [6.45, 7) is 3.31. The fourth-order valence-corrected chi connectivity index (χ4v) is 3.96. The highest BCUT2D eigenvalue weighted by molar-refractivity contribution is 5.94. The van der Waals surface area contributed by atoms with Crippen LogP contribution >= 0.6 is 0 Å². The second-order valence-corrected chi connectivity index (χ2v) is 7.03. The number of carbonyl (C=O) groups is 1. The first-order chi connectivity index (χ1) is 12.2. The molecule has 2 aromatic rings. The molecule has 0 bridgehead atoms. The van der Waals surface area contributed by atoms with E-state index in [2.05, 4.69) is 26.7 Å². The molecular formula is C19H25N5O. The summed E-state index contributed by atoms with van der Waals surface area (Å²) < 4.78 is 2.25. The van der Waals surface area contributed by atoms with E-state index in [1.165, 1.54) is 12.8 Å². The Kier molecular flexibility index (Phi) is 4.53. The summed E-state index contributed by atoms with van der Waals surface area (Å²) in [6.07, 6.45) is 4.41. The third-order valence-corrected chi connectivity index (χ3v) is 5.43. The van der Waals surface area contributed by atoms with E-state index >= 15 is 0 Å². The molecule has 1 fully saturated rings. The van der Waals surface area contributed by atoms with Gasteiger partial charge in [-0.15, -0.1) is 10.2 Å². The Morgan fingerprint density at radius 1 is 1.04 bits per heavy atom. The Hall–Kier alpha value is -2.21. The Labute approximate surface area is 148 Å². The van der Waals surface area contributed by atoms with Crippen molar-refractivity contribution in [1.29, 1.82) is 0 Å². The van der Waals surface area contributed by atoms with Crippen LogP contribution in [-0.4, -0.2) is 57.2 Å². The van der Waals surface area contributed by atoms with E-state index in [0.29, 0.717) is 19.1 Å². The van der Waals surface area contributed by atoms with Gasteiger partial charge in [0.2, 0.25) is 0 Å². The molecule has 6 heteroatoms. The largest absolute Gasteiger partial charge is 0.336 e. The molecule has 0 spiro atoms. The minimum absolute atomic E-state index is 0.107. The minimum atomic E-state index is 0.107. The maximum absolute atomic E-state index is 12.7. The van der Waals surface area contributed by atoms with E-state index in [1.54, 1.807) is 0 Å². The molecule has 6 nitrogen and oxygen atoms in total. The molecule has 0 radical (unpaired) electrons. The van der Waals surface area contributed by atoms with Crippen molar-refractivity contribution in [1.82, 2.24) is 24.6 Å². The molecule has 1 amide bonds. The van der Waals surface area contributed by atoms with E-state index in [4.69, 9.17) is 0 Å². The van der Waals surface area contributed by atoms with Crippen LogP contribution in [0.25, 0.3) is 0 Å². The summed E-state index contributed by atoms with van der Waals surface area (Å²) in [5, 5.41) is 8.95. The van der Waals surface area contributed by atoms with Crippen LogP contribution in [-0.2, 0) is 13.0 Å². The Morgan fingerprint density at radius 2 is 1.88 bits per heavy atom. The quantitative estimate of drug-likeness (QED) is 0.841. The summed E-state index contributed by atoms with van der Waals surface area (Å²) in [7, 11) is 2.17. The van der Waals surface area contributed by atoms with Crippen molar-refractivity contribution in [2.45, 2.75) is 38.3 Å². The highest BCUT2D eigenvalue weighted by atomic mass is 16.2. The lowest BCUT2D eigenvalue weighted by Gasteiger charge is -2.32. The van der Waals surface area contributed by atoms with Gasteiger partial charge in [-0.2, -0.15) is 0 Å². The first-order valence-corrected chi connectivity index (χ1v) is 9.20. The van der Waals surface area contributed by atoms with Gasteiger partial charge in [0.15, 0.2) is 0 Å². The summed E-state index contributed by atoms with van der Waals surface area (Å²) >= 11 is 0. The maximum atomic E-state index is 12.7. The number of amides is 1. The van der Waals surface area contributed by atoms with Crippen LogP contribution < -0.4 is 0 Å². The Balaban J connectivity index is 1.52. The van der Waals surface area contributed by atoms with Gasteiger partial charge in [-0.1, -0.05) is 24.6 Å². The van der Waals surface area contributed by atoms with Crippen LogP contribution in [0, 0.1) is 0 Å². The summed E-state index contributed by atoms with van der Waals surface area (Å²) in [5.41, 5.74) is 0.757. The van der Waals surface area contributed by atoms with Crippen molar-refractivity contribution < 1.29 is 4.79 Å². The number of piperidine rings is 1. The third-order valence-electron chi connectivity index (χ3n) is 5.43. The van der Waals surface area contributed by atoms with Gasteiger partial charge < -0.3 is 9.47 Å².